The Morgan fingerprint density at radius 3 is 2.36 bits per heavy atom. The summed E-state index contributed by atoms with van der Waals surface area (Å²) in [7, 11) is 5.38. The number of benzene rings is 1. The van der Waals surface area contributed by atoms with Crippen molar-refractivity contribution in [1.29, 1.82) is 0 Å². The van der Waals surface area contributed by atoms with Crippen molar-refractivity contribution in [2.45, 2.75) is 38.3 Å². The van der Waals surface area contributed by atoms with E-state index in [0.717, 1.165) is 12.1 Å². The Morgan fingerprint density at radius 1 is 1.00 bits per heavy atom. The Hall–Kier alpha value is -1.70. The molecule has 1 rings (SSSR count). The Balaban J connectivity index is 2.49. The highest BCUT2D eigenvalue weighted by molar-refractivity contribution is 8.77. The summed E-state index contributed by atoms with van der Waals surface area (Å²) in [5.74, 6) is 5.96. The Kier molecular flexibility index (Phi) is 15.8. The van der Waals surface area contributed by atoms with Gasteiger partial charge in [-0.05, 0) is 24.7 Å². The number of nitrogens with one attached hydrogen (secondary N) is 4. The van der Waals surface area contributed by atoms with E-state index in [9.17, 15) is 9.59 Å². The van der Waals surface area contributed by atoms with E-state index in [1.807, 2.05) is 45.2 Å². The fourth-order valence-electron chi connectivity index (χ4n) is 2.46. The quantitative estimate of drug-likeness (QED) is 0.129. The molecule has 2 amide bonds. The molecule has 9 heteroatoms. The van der Waals surface area contributed by atoms with Crippen LogP contribution in [-0.4, -0.2) is 63.5 Å². The molecule has 0 fully saturated rings. The first-order valence-electron chi connectivity index (χ1n) is 11.2. The van der Waals surface area contributed by atoms with Crippen molar-refractivity contribution in [3.63, 3.8) is 0 Å². The molecule has 4 N–H and O–H groups in total. The monoisotopic (exact) mass is 494 g/mol. The first-order chi connectivity index (χ1) is 15.8. The van der Waals surface area contributed by atoms with Gasteiger partial charge in [0.05, 0.1) is 18.5 Å². The Labute approximate surface area is 206 Å². The SMILES string of the molecule is CNCCNC(=O)c1ccc(C(NCCOCC(=O)NCC#CC(C)C)SSC(C)C)cc1. The second kappa shape index (κ2) is 17.7. The number of likely N-dealkylation sites (N-methyl/N-ethyl adjacent to an activating group) is 1. The van der Waals surface area contributed by atoms with Crippen molar-refractivity contribution in [2.75, 3.05) is 46.4 Å². The zero-order chi connectivity index (χ0) is 24.5. The molecule has 1 aromatic carbocycles. The molecule has 0 aliphatic heterocycles. The molecule has 1 atom stereocenters. The van der Waals surface area contributed by atoms with Crippen LogP contribution in [0.1, 0.15) is 49.0 Å². The minimum absolute atomic E-state index is 0.0148. The van der Waals surface area contributed by atoms with Gasteiger partial charge in [-0.1, -0.05) is 73.3 Å². The van der Waals surface area contributed by atoms with Gasteiger partial charge in [0.15, 0.2) is 0 Å². The van der Waals surface area contributed by atoms with Crippen LogP contribution in [0.5, 0.6) is 0 Å². The highest BCUT2D eigenvalue weighted by atomic mass is 33.1. The number of carbonyl (C=O) groups excluding carboxylic acids is 2. The number of carbonyl (C=O) groups is 2. The van der Waals surface area contributed by atoms with Gasteiger partial charge in [-0.3, -0.25) is 14.9 Å². The molecule has 0 saturated carbocycles. The van der Waals surface area contributed by atoms with Crippen molar-refractivity contribution in [3.05, 3.63) is 35.4 Å². The number of ether oxygens (including phenoxy) is 1. The highest BCUT2D eigenvalue weighted by Crippen LogP contribution is 2.38. The zero-order valence-electron chi connectivity index (χ0n) is 20.3. The predicted octanol–water partition coefficient (Wildman–Crippen LogP) is 2.81. The number of hydrogen-bond acceptors (Lipinski definition) is 7. The molecule has 7 nitrogen and oxygen atoms in total. The summed E-state index contributed by atoms with van der Waals surface area (Å²) in [5, 5.41) is 12.6. The Bertz CT molecular complexity index is 761. The van der Waals surface area contributed by atoms with Crippen LogP contribution in [0.3, 0.4) is 0 Å². The van der Waals surface area contributed by atoms with Gasteiger partial charge in [0, 0.05) is 36.4 Å². The smallest absolute Gasteiger partial charge is 0.251 e. The molecule has 33 heavy (non-hydrogen) atoms. The van der Waals surface area contributed by atoms with E-state index in [0.29, 0.717) is 43.0 Å². The predicted molar refractivity (Wildman–Crippen MR) is 140 cm³/mol. The second-order valence-corrected chi connectivity index (χ2v) is 10.8. The van der Waals surface area contributed by atoms with Crippen LogP contribution in [0.2, 0.25) is 0 Å². The summed E-state index contributed by atoms with van der Waals surface area (Å²) < 4.78 is 5.49. The summed E-state index contributed by atoms with van der Waals surface area (Å²) in [6.45, 7) is 11.0. The highest BCUT2D eigenvalue weighted by Gasteiger charge is 2.14. The van der Waals surface area contributed by atoms with E-state index in [4.69, 9.17) is 4.74 Å². The normalized spacial score (nSPS) is 11.7. The van der Waals surface area contributed by atoms with E-state index >= 15 is 0 Å². The van der Waals surface area contributed by atoms with Gasteiger partial charge >= 0.3 is 0 Å². The molecule has 0 aromatic heterocycles. The maximum Gasteiger partial charge on any atom is 0.251 e. The third-order valence-corrected chi connectivity index (χ3v) is 7.25. The van der Waals surface area contributed by atoms with Gasteiger partial charge in [-0.2, -0.15) is 0 Å². The van der Waals surface area contributed by atoms with E-state index < -0.39 is 0 Å². The van der Waals surface area contributed by atoms with Crippen molar-refractivity contribution in [1.82, 2.24) is 21.3 Å². The molecular formula is C24H38N4O3S2. The summed E-state index contributed by atoms with van der Waals surface area (Å²) in [5.41, 5.74) is 1.73. The lowest BCUT2D eigenvalue weighted by Gasteiger charge is -2.19. The van der Waals surface area contributed by atoms with Gasteiger partial charge in [0.2, 0.25) is 5.91 Å². The first-order valence-corrected chi connectivity index (χ1v) is 13.5. The molecule has 0 bridgehead atoms. The second-order valence-electron chi connectivity index (χ2n) is 7.86. The van der Waals surface area contributed by atoms with E-state index in [-0.39, 0.29) is 23.8 Å². The zero-order valence-corrected chi connectivity index (χ0v) is 22.0. The van der Waals surface area contributed by atoms with Crippen molar-refractivity contribution in [2.24, 2.45) is 5.92 Å². The lowest BCUT2D eigenvalue weighted by molar-refractivity contribution is -0.125. The van der Waals surface area contributed by atoms with Crippen molar-refractivity contribution in [3.8, 4) is 11.8 Å². The molecule has 0 aliphatic carbocycles. The third-order valence-electron chi connectivity index (χ3n) is 4.05. The minimum Gasteiger partial charge on any atom is -0.370 e. The van der Waals surface area contributed by atoms with E-state index in [1.165, 1.54) is 0 Å². The number of rotatable bonds is 15. The maximum atomic E-state index is 12.2. The van der Waals surface area contributed by atoms with Gasteiger partial charge in [-0.25, -0.2) is 0 Å². The van der Waals surface area contributed by atoms with Gasteiger partial charge < -0.3 is 20.7 Å². The largest absolute Gasteiger partial charge is 0.370 e. The number of hydrogen-bond donors (Lipinski definition) is 4. The molecule has 0 radical (unpaired) electrons. The summed E-state index contributed by atoms with van der Waals surface area (Å²) >= 11 is 0. The average Bonchev–Trinajstić information content (AvgIpc) is 2.78. The van der Waals surface area contributed by atoms with E-state index in [2.05, 4.69) is 47.0 Å². The van der Waals surface area contributed by atoms with Crippen LogP contribution in [0.4, 0.5) is 0 Å². The van der Waals surface area contributed by atoms with E-state index in [1.54, 1.807) is 21.6 Å². The lowest BCUT2D eigenvalue weighted by Crippen LogP contribution is -2.30. The van der Waals surface area contributed by atoms with Crippen molar-refractivity contribution < 1.29 is 14.3 Å². The van der Waals surface area contributed by atoms with Crippen LogP contribution >= 0.6 is 21.6 Å². The minimum atomic E-state index is -0.169. The van der Waals surface area contributed by atoms with Crippen LogP contribution in [-0.2, 0) is 9.53 Å². The summed E-state index contributed by atoms with van der Waals surface area (Å²) in [6, 6.07) is 7.65. The molecule has 1 aromatic rings. The summed E-state index contributed by atoms with van der Waals surface area (Å²) in [6.07, 6.45) is 0. The molecule has 0 aliphatic rings. The standard InChI is InChI=1S/C24H38N4O3S2/c1-18(2)7-6-12-26-22(29)17-31-16-15-28-24(33-32-19(3)4)21-10-8-20(9-11-21)23(30)27-14-13-25-5/h8-11,18-19,24-25,28H,12-17H2,1-5H3,(H,26,29)(H,27,30). The molecule has 1 unspecified atom stereocenters. The fourth-order valence-corrected chi connectivity index (χ4v) is 4.79. The number of amides is 2. The van der Waals surface area contributed by atoms with Gasteiger partial charge in [0.1, 0.15) is 6.61 Å². The third kappa shape index (κ3) is 14.2. The van der Waals surface area contributed by atoms with Gasteiger partial charge in [-0.15, -0.1) is 0 Å². The first kappa shape index (κ1) is 29.3. The summed E-state index contributed by atoms with van der Waals surface area (Å²) in [4.78, 5) is 24.0. The molecule has 0 heterocycles. The Morgan fingerprint density at radius 2 is 1.73 bits per heavy atom. The molecular weight excluding hydrogens is 456 g/mol. The van der Waals surface area contributed by atoms with Crippen LogP contribution in [0, 0.1) is 17.8 Å². The topological polar surface area (TPSA) is 91.5 Å². The fraction of sp³-hybridized carbons (Fsp3) is 0.583. The van der Waals surface area contributed by atoms with Crippen molar-refractivity contribution >= 4 is 33.4 Å². The molecule has 0 saturated heterocycles. The van der Waals surface area contributed by atoms with Gasteiger partial charge in [0.25, 0.3) is 5.91 Å². The average molecular weight is 495 g/mol. The van der Waals surface area contributed by atoms with Crippen LogP contribution in [0.15, 0.2) is 24.3 Å². The molecule has 0 spiro atoms. The lowest BCUT2D eigenvalue weighted by atomic mass is 10.1. The van der Waals surface area contributed by atoms with Crippen LogP contribution < -0.4 is 21.3 Å². The van der Waals surface area contributed by atoms with Crippen LogP contribution in [0.25, 0.3) is 0 Å². The molecule has 184 valence electrons. The maximum absolute atomic E-state index is 12.2.